The third-order valence-corrected chi connectivity index (χ3v) is 5.34. The molecule has 0 radical (unpaired) electrons. The normalized spacial score (nSPS) is 23.2. The van der Waals surface area contributed by atoms with Crippen LogP contribution < -0.4 is 5.32 Å². The fourth-order valence-electron chi connectivity index (χ4n) is 3.90. The van der Waals surface area contributed by atoms with E-state index in [1.54, 1.807) is 4.90 Å². The van der Waals surface area contributed by atoms with Crippen LogP contribution in [0.3, 0.4) is 0 Å². The average molecular weight is 459 g/mol. The lowest BCUT2D eigenvalue weighted by molar-refractivity contribution is -0.160. The van der Waals surface area contributed by atoms with Gasteiger partial charge in [-0.3, -0.25) is 14.5 Å². The molecule has 178 valence electrons. The summed E-state index contributed by atoms with van der Waals surface area (Å²) in [6, 6.07) is -1.52. The monoisotopic (exact) mass is 459 g/mol. The number of nitrogens with zero attached hydrogens (tertiary/aromatic N) is 2. The Balaban J connectivity index is 1.85. The zero-order valence-electron chi connectivity index (χ0n) is 18.9. The molecule has 10 nitrogen and oxygen atoms in total. The molecule has 3 aliphatic rings. The molecule has 0 aliphatic carbocycles. The lowest BCUT2D eigenvalue weighted by Gasteiger charge is -2.49. The van der Waals surface area contributed by atoms with Crippen molar-refractivity contribution in [3.8, 4) is 0 Å². The van der Waals surface area contributed by atoms with Crippen LogP contribution in [0.2, 0.25) is 0 Å². The first-order chi connectivity index (χ1) is 15.8. The van der Waals surface area contributed by atoms with E-state index in [9.17, 15) is 19.2 Å². The van der Waals surface area contributed by atoms with Crippen LogP contribution in [0.1, 0.15) is 20.3 Å². The third-order valence-electron chi connectivity index (χ3n) is 5.34. The van der Waals surface area contributed by atoms with E-state index in [0.29, 0.717) is 31.0 Å². The molecule has 3 rings (SSSR count). The van der Waals surface area contributed by atoms with Crippen LogP contribution >= 0.6 is 0 Å². The summed E-state index contributed by atoms with van der Waals surface area (Å²) in [5.41, 5.74) is 0.395. The highest BCUT2D eigenvalue weighted by atomic mass is 16.6. The highest BCUT2D eigenvalue weighted by Crippen LogP contribution is 2.35. The van der Waals surface area contributed by atoms with Gasteiger partial charge in [-0.25, -0.2) is 9.59 Å². The Kier molecular flexibility index (Phi) is 7.57. The quantitative estimate of drug-likeness (QED) is 0.239. The van der Waals surface area contributed by atoms with E-state index in [4.69, 9.17) is 14.2 Å². The Morgan fingerprint density at radius 3 is 2.58 bits per heavy atom. The maximum absolute atomic E-state index is 12.8. The van der Waals surface area contributed by atoms with E-state index in [1.165, 1.54) is 23.1 Å². The molecule has 0 aromatic heterocycles. The van der Waals surface area contributed by atoms with Crippen LogP contribution in [0.15, 0.2) is 48.4 Å². The Bertz CT molecular complexity index is 921. The summed E-state index contributed by atoms with van der Waals surface area (Å²) >= 11 is 0. The summed E-state index contributed by atoms with van der Waals surface area (Å²) in [6.07, 6.45) is 4.04. The molecule has 3 heterocycles. The number of carbonyl (C=O) groups excluding carboxylic acids is 4. The molecule has 2 fully saturated rings. The molecule has 2 atom stereocenters. The number of hydrogen-bond donors (Lipinski definition) is 1. The van der Waals surface area contributed by atoms with Gasteiger partial charge in [-0.1, -0.05) is 39.2 Å². The summed E-state index contributed by atoms with van der Waals surface area (Å²) in [5.74, 6) is -0.988. The first-order valence-corrected chi connectivity index (χ1v) is 10.8. The molecule has 0 spiro atoms. The first kappa shape index (κ1) is 24.1. The van der Waals surface area contributed by atoms with E-state index >= 15 is 0 Å². The number of ether oxygens (including phenoxy) is 3. The fourth-order valence-corrected chi connectivity index (χ4v) is 3.90. The van der Waals surface area contributed by atoms with Crippen molar-refractivity contribution in [2.24, 2.45) is 5.92 Å². The Labute approximate surface area is 192 Å². The number of allylic oxidation sites excluding steroid dienone is 1. The van der Waals surface area contributed by atoms with Crippen molar-refractivity contribution < 1.29 is 33.4 Å². The molecule has 33 heavy (non-hydrogen) atoms. The van der Waals surface area contributed by atoms with Crippen molar-refractivity contribution in [2.75, 3.05) is 32.9 Å². The largest absolute Gasteiger partial charge is 0.489 e. The second-order valence-corrected chi connectivity index (χ2v) is 8.26. The summed E-state index contributed by atoms with van der Waals surface area (Å²) in [5, 5.41) is 2.47. The van der Waals surface area contributed by atoms with Crippen molar-refractivity contribution in [2.45, 2.75) is 32.4 Å². The van der Waals surface area contributed by atoms with Crippen LogP contribution in [-0.2, 0) is 28.6 Å². The SMILES string of the molecule is C=CCOC(=O)N[C@@H]1C(=O)N2C(C(=O)OCC=C)=C(C=C3CCN(CC(C)C)C3=O)OC[C@H]12. The number of fused-ring (bicyclic) bond motifs is 1. The second-order valence-electron chi connectivity index (χ2n) is 8.26. The van der Waals surface area contributed by atoms with Crippen LogP contribution in [-0.4, -0.2) is 78.7 Å². The molecule has 10 heteroatoms. The second kappa shape index (κ2) is 10.4. The zero-order chi connectivity index (χ0) is 24.1. The molecule has 1 N–H and O–H groups in total. The maximum Gasteiger partial charge on any atom is 0.408 e. The molecular formula is C23H29N3O7. The van der Waals surface area contributed by atoms with Gasteiger partial charge in [0.1, 0.15) is 31.9 Å². The average Bonchev–Trinajstić information content (AvgIpc) is 3.12. The number of likely N-dealkylation sites (tertiary alicyclic amines) is 1. The molecular weight excluding hydrogens is 430 g/mol. The highest BCUT2D eigenvalue weighted by Gasteiger charge is 2.55. The number of hydrogen-bond acceptors (Lipinski definition) is 7. The first-order valence-electron chi connectivity index (χ1n) is 10.8. The molecule has 3 amide bonds. The van der Waals surface area contributed by atoms with Crippen molar-refractivity contribution >= 4 is 23.9 Å². The fraction of sp³-hybridized carbons (Fsp3) is 0.478. The van der Waals surface area contributed by atoms with Gasteiger partial charge in [-0.05, 0) is 18.4 Å². The van der Waals surface area contributed by atoms with E-state index in [-0.39, 0.29) is 37.2 Å². The van der Waals surface area contributed by atoms with Gasteiger partial charge in [0, 0.05) is 18.7 Å². The van der Waals surface area contributed by atoms with E-state index in [0.717, 1.165) is 0 Å². The molecule has 0 unspecified atom stereocenters. The molecule has 2 saturated heterocycles. The predicted molar refractivity (Wildman–Crippen MR) is 117 cm³/mol. The number of rotatable bonds is 9. The zero-order valence-corrected chi connectivity index (χ0v) is 18.9. The molecule has 0 saturated carbocycles. The standard InChI is InChI=1S/C23H29N3O7/c1-5-9-31-22(29)19-17(11-15-7-8-25(20(15)27)12-14(3)4)33-13-16-18(21(28)26(16)19)24-23(30)32-10-6-2/h5-6,11,14,16,18H,1-2,7-10,12-13H2,3-4H3,(H,24,30)/t16-,18+/m1/s1. The van der Waals surface area contributed by atoms with Crippen molar-refractivity contribution in [3.05, 3.63) is 48.4 Å². The minimum Gasteiger partial charge on any atom is -0.489 e. The Hall–Kier alpha value is -3.56. The summed E-state index contributed by atoms with van der Waals surface area (Å²) in [7, 11) is 0. The molecule has 0 bridgehead atoms. The predicted octanol–water partition coefficient (Wildman–Crippen LogP) is 1.26. The number of β-lactam (4-membered cyclic amide) rings is 1. The Morgan fingerprint density at radius 1 is 1.21 bits per heavy atom. The Morgan fingerprint density at radius 2 is 1.91 bits per heavy atom. The van der Waals surface area contributed by atoms with Crippen molar-refractivity contribution in [3.63, 3.8) is 0 Å². The molecule has 0 aromatic rings. The maximum atomic E-state index is 12.8. The van der Waals surface area contributed by atoms with Gasteiger partial charge in [0.2, 0.25) is 5.91 Å². The van der Waals surface area contributed by atoms with Crippen LogP contribution in [0.4, 0.5) is 4.79 Å². The van der Waals surface area contributed by atoms with Gasteiger partial charge >= 0.3 is 12.1 Å². The van der Waals surface area contributed by atoms with Gasteiger partial charge in [0.25, 0.3) is 5.91 Å². The topological polar surface area (TPSA) is 114 Å². The third kappa shape index (κ3) is 5.10. The van der Waals surface area contributed by atoms with Gasteiger partial charge in [-0.2, -0.15) is 0 Å². The van der Waals surface area contributed by atoms with E-state index in [2.05, 4.69) is 18.5 Å². The van der Waals surface area contributed by atoms with Crippen molar-refractivity contribution in [1.82, 2.24) is 15.1 Å². The van der Waals surface area contributed by atoms with Crippen LogP contribution in [0, 0.1) is 5.92 Å². The minimum absolute atomic E-state index is 0.00374. The minimum atomic E-state index is -0.909. The summed E-state index contributed by atoms with van der Waals surface area (Å²) in [4.78, 5) is 53.2. The van der Waals surface area contributed by atoms with Gasteiger partial charge in [-0.15, -0.1) is 0 Å². The van der Waals surface area contributed by atoms with Crippen LogP contribution in [0.5, 0.6) is 0 Å². The van der Waals surface area contributed by atoms with Gasteiger partial charge < -0.3 is 24.4 Å². The van der Waals surface area contributed by atoms with E-state index in [1.807, 2.05) is 13.8 Å². The molecule has 0 aromatic carbocycles. The lowest BCUT2D eigenvalue weighted by Crippen LogP contribution is -2.73. The summed E-state index contributed by atoms with van der Waals surface area (Å²) in [6.45, 7) is 12.2. The molecule has 3 aliphatic heterocycles. The van der Waals surface area contributed by atoms with Crippen LogP contribution in [0.25, 0.3) is 0 Å². The smallest absolute Gasteiger partial charge is 0.408 e. The highest BCUT2D eigenvalue weighted by molar-refractivity contribution is 6.02. The lowest BCUT2D eigenvalue weighted by atomic mass is 9.92. The van der Waals surface area contributed by atoms with Crippen molar-refractivity contribution in [1.29, 1.82) is 0 Å². The number of nitrogens with one attached hydrogen (secondary N) is 1. The van der Waals surface area contributed by atoms with Gasteiger partial charge in [0.15, 0.2) is 11.5 Å². The number of carbonyl (C=O) groups is 4. The van der Waals surface area contributed by atoms with E-state index < -0.39 is 30.1 Å². The van der Waals surface area contributed by atoms with Gasteiger partial charge in [0.05, 0.1) is 0 Å². The number of amides is 3. The number of alkyl carbamates (subject to hydrolysis) is 1. The number of esters is 1. The summed E-state index contributed by atoms with van der Waals surface area (Å²) < 4.78 is 15.8.